The largest absolute Gasteiger partial charge is 0.372 e. The highest BCUT2D eigenvalue weighted by atomic mass is 35.5. The second-order valence-corrected chi connectivity index (χ2v) is 7.81. The van der Waals surface area contributed by atoms with Crippen molar-refractivity contribution in [3.8, 4) is 0 Å². The molecule has 1 N–H and O–H groups in total. The summed E-state index contributed by atoms with van der Waals surface area (Å²) >= 11 is 0. The Balaban J connectivity index is 0.00000441. The monoisotopic (exact) mass is 326 g/mol. The third-order valence-corrected chi connectivity index (χ3v) is 3.81. The van der Waals surface area contributed by atoms with Crippen molar-refractivity contribution in [3.05, 3.63) is 29.8 Å². The van der Waals surface area contributed by atoms with Crippen LogP contribution in [0.25, 0.3) is 0 Å². The van der Waals surface area contributed by atoms with E-state index >= 15 is 0 Å². The molecule has 128 valence electrons. The van der Waals surface area contributed by atoms with Gasteiger partial charge in [-0.2, -0.15) is 0 Å². The minimum Gasteiger partial charge on any atom is -0.372 e. The molecule has 22 heavy (non-hydrogen) atoms. The number of nitrogens with one attached hydrogen (secondary N) is 1. The molecule has 0 unspecified atom stereocenters. The van der Waals surface area contributed by atoms with Crippen LogP contribution in [0.15, 0.2) is 24.3 Å². The van der Waals surface area contributed by atoms with Crippen molar-refractivity contribution in [2.45, 2.75) is 67.0 Å². The lowest BCUT2D eigenvalue weighted by Crippen LogP contribution is -2.41. The molecule has 0 saturated carbocycles. The smallest absolute Gasteiger partial charge is 0.0366 e. The van der Waals surface area contributed by atoms with Gasteiger partial charge in [0.15, 0.2) is 0 Å². The van der Waals surface area contributed by atoms with Gasteiger partial charge >= 0.3 is 0 Å². The van der Waals surface area contributed by atoms with Gasteiger partial charge < -0.3 is 10.2 Å². The fourth-order valence-electron chi connectivity index (χ4n) is 3.14. The van der Waals surface area contributed by atoms with Gasteiger partial charge in [-0.25, -0.2) is 0 Å². The molecule has 0 amide bonds. The molecule has 0 heterocycles. The van der Waals surface area contributed by atoms with Gasteiger partial charge in [-0.15, -0.1) is 12.4 Å². The fourth-order valence-corrected chi connectivity index (χ4v) is 3.14. The molecule has 0 atom stereocenters. The third kappa shape index (κ3) is 7.51. The van der Waals surface area contributed by atoms with Crippen LogP contribution < -0.4 is 10.2 Å². The van der Waals surface area contributed by atoms with Gasteiger partial charge in [0.2, 0.25) is 0 Å². The number of nitrogens with zero attached hydrogens (tertiary/aromatic N) is 1. The van der Waals surface area contributed by atoms with Gasteiger partial charge in [0.1, 0.15) is 0 Å². The zero-order valence-electron chi connectivity index (χ0n) is 15.5. The number of anilines is 1. The van der Waals surface area contributed by atoms with E-state index in [0.29, 0.717) is 5.41 Å². The Morgan fingerprint density at radius 1 is 0.909 bits per heavy atom. The Bertz CT molecular complexity index is 414. The first kappa shape index (κ1) is 21.3. The molecule has 3 heteroatoms. The lowest BCUT2D eigenvalue weighted by atomic mass is 9.82. The summed E-state index contributed by atoms with van der Waals surface area (Å²) in [4.78, 5) is 2.38. The van der Waals surface area contributed by atoms with E-state index in [-0.39, 0.29) is 17.9 Å². The van der Waals surface area contributed by atoms with E-state index < -0.39 is 0 Å². The molecule has 0 fully saturated rings. The van der Waals surface area contributed by atoms with E-state index in [1.807, 2.05) is 0 Å². The van der Waals surface area contributed by atoms with Gasteiger partial charge in [0.25, 0.3) is 0 Å². The van der Waals surface area contributed by atoms with E-state index in [9.17, 15) is 0 Å². The van der Waals surface area contributed by atoms with Crippen molar-refractivity contribution in [3.63, 3.8) is 0 Å². The van der Waals surface area contributed by atoms with Gasteiger partial charge in [0, 0.05) is 30.9 Å². The van der Waals surface area contributed by atoms with Crippen LogP contribution in [-0.4, -0.2) is 18.6 Å². The van der Waals surface area contributed by atoms with Crippen LogP contribution in [0.5, 0.6) is 0 Å². The maximum absolute atomic E-state index is 3.69. The molecule has 1 aromatic rings. The first-order chi connectivity index (χ1) is 9.67. The quantitative estimate of drug-likeness (QED) is 0.735. The van der Waals surface area contributed by atoms with Crippen molar-refractivity contribution in [2.75, 3.05) is 18.0 Å². The molecule has 1 rings (SSSR count). The average Bonchev–Trinajstić information content (AvgIpc) is 2.36. The average molecular weight is 327 g/mol. The van der Waals surface area contributed by atoms with Gasteiger partial charge in [-0.05, 0) is 57.2 Å². The molecule has 1 aromatic carbocycles. The van der Waals surface area contributed by atoms with Crippen LogP contribution in [0.3, 0.4) is 0 Å². The fraction of sp³-hybridized carbons (Fsp3) is 0.684. The lowest BCUT2D eigenvalue weighted by molar-refractivity contribution is 0.241. The molecule has 0 aromatic heterocycles. The normalized spacial score (nSPS) is 12.0. The van der Waals surface area contributed by atoms with E-state index in [1.165, 1.54) is 11.3 Å². The Morgan fingerprint density at radius 3 is 1.82 bits per heavy atom. The predicted octanol–water partition coefficient (Wildman–Crippen LogP) is 5.26. The van der Waals surface area contributed by atoms with Gasteiger partial charge in [-0.3, -0.25) is 0 Å². The Kier molecular flexibility index (Phi) is 8.49. The van der Waals surface area contributed by atoms with Crippen LogP contribution in [0.1, 0.15) is 60.5 Å². The van der Waals surface area contributed by atoms with Crippen molar-refractivity contribution in [1.82, 2.24) is 5.32 Å². The SMILES string of the molecule is CCN(CC)c1ccc(CNC(C)(C)CC(C)(C)C)cc1.Cl. The lowest BCUT2D eigenvalue weighted by Gasteiger charge is -2.33. The molecular formula is C19H35ClN2. The predicted molar refractivity (Wildman–Crippen MR) is 102 cm³/mol. The van der Waals surface area contributed by atoms with Gasteiger partial charge in [-0.1, -0.05) is 32.9 Å². The van der Waals surface area contributed by atoms with E-state index in [0.717, 1.165) is 26.1 Å². The van der Waals surface area contributed by atoms with Crippen molar-refractivity contribution >= 4 is 18.1 Å². The molecule has 0 aliphatic carbocycles. The highest BCUT2D eigenvalue weighted by Gasteiger charge is 2.24. The summed E-state index contributed by atoms with van der Waals surface area (Å²) in [7, 11) is 0. The Morgan fingerprint density at radius 2 is 1.41 bits per heavy atom. The second kappa shape index (κ2) is 8.79. The van der Waals surface area contributed by atoms with Crippen LogP contribution in [-0.2, 0) is 6.54 Å². The highest BCUT2D eigenvalue weighted by Crippen LogP contribution is 2.27. The molecule has 0 spiro atoms. The van der Waals surface area contributed by atoms with Crippen LogP contribution in [0.2, 0.25) is 0 Å². The van der Waals surface area contributed by atoms with Crippen LogP contribution in [0, 0.1) is 5.41 Å². The molecule has 0 saturated heterocycles. The van der Waals surface area contributed by atoms with Crippen molar-refractivity contribution < 1.29 is 0 Å². The number of halogens is 1. The Labute approximate surface area is 144 Å². The summed E-state index contributed by atoms with van der Waals surface area (Å²) in [6.07, 6.45) is 1.16. The van der Waals surface area contributed by atoms with Gasteiger partial charge in [0.05, 0.1) is 0 Å². The van der Waals surface area contributed by atoms with E-state index in [4.69, 9.17) is 0 Å². The minimum absolute atomic E-state index is 0. The Hall–Kier alpha value is -0.730. The summed E-state index contributed by atoms with van der Waals surface area (Å²) in [6, 6.07) is 8.96. The van der Waals surface area contributed by atoms with Crippen LogP contribution in [0.4, 0.5) is 5.69 Å². The molecule has 0 radical (unpaired) electrons. The number of benzene rings is 1. The summed E-state index contributed by atoms with van der Waals surface area (Å²) in [5.74, 6) is 0. The maximum Gasteiger partial charge on any atom is 0.0366 e. The van der Waals surface area contributed by atoms with E-state index in [2.05, 4.69) is 82.9 Å². The zero-order valence-corrected chi connectivity index (χ0v) is 16.3. The first-order valence-corrected chi connectivity index (χ1v) is 8.26. The summed E-state index contributed by atoms with van der Waals surface area (Å²) in [5.41, 5.74) is 3.18. The molecule has 0 aliphatic rings. The third-order valence-electron chi connectivity index (χ3n) is 3.81. The van der Waals surface area contributed by atoms with Crippen molar-refractivity contribution in [2.24, 2.45) is 5.41 Å². The highest BCUT2D eigenvalue weighted by molar-refractivity contribution is 5.85. The van der Waals surface area contributed by atoms with Crippen molar-refractivity contribution in [1.29, 1.82) is 0 Å². The topological polar surface area (TPSA) is 15.3 Å². The molecule has 0 aliphatic heterocycles. The number of hydrogen-bond donors (Lipinski definition) is 1. The summed E-state index contributed by atoms with van der Waals surface area (Å²) in [5, 5.41) is 3.69. The maximum atomic E-state index is 3.69. The second-order valence-electron chi connectivity index (χ2n) is 7.81. The molecule has 0 bridgehead atoms. The van der Waals surface area contributed by atoms with E-state index in [1.54, 1.807) is 0 Å². The number of rotatable bonds is 7. The minimum atomic E-state index is 0. The van der Waals surface area contributed by atoms with Crippen LogP contribution >= 0.6 is 12.4 Å². The molecule has 2 nitrogen and oxygen atoms in total. The standard InChI is InChI=1S/C19H34N2.ClH/c1-8-21(9-2)17-12-10-16(11-13-17)14-20-19(6,7)15-18(3,4)5;/h10-13,20H,8-9,14-15H2,1-7H3;1H. The first-order valence-electron chi connectivity index (χ1n) is 8.26. The molecular weight excluding hydrogens is 292 g/mol. The summed E-state index contributed by atoms with van der Waals surface area (Å²) in [6.45, 7) is 19.0. The zero-order chi connectivity index (χ0) is 16.1. The summed E-state index contributed by atoms with van der Waals surface area (Å²) < 4.78 is 0. The number of hydrogen-bond acceptors (Lipinski definition) is 2.